The summed E-state index contributed by atoms with van der Waals surface area (Å²) in [4.78, 5) is 16.3. The molecule has 0 aliphatic heterocycles. The van der Waals surface area contributed by atoms with Gasteiger partial charge in [0.05, 0.1) is 12.2 Å². The summed E-state index contributed by atoms with van der Waals surface area (Å²) in [7, 11) is 0. The third kappa shape index (κ3) is 4.57. The zero-order chi connectivity index (χ0) is 15.1. The lowest BCUT2D eigenvalue weighted by atomic mass is 9.99. The number of aliphatic hydroxyl groups is 1. The minimum Gasteiger partial charge on any atom is -0.395 e. The van der Waals surface area contributed by atoms with Gasteiger partial charge in [0.1, 0.15) is 0 Å². The van der Waals surface area contributed by atoms with Crippen LogP contribution >= 0.6 is 0 Å². The fourth-order valence-corrected chi connectivity index (χ4v) is 2.72. The van der Waals surface area contributed by atoms with Gasteiger partial charge in [-0.1, -0.05) is 24.7 Å². The molecule has 1 atom stereocenters. The van der Waals surface area contributed by atoms with Crippen LogP contribution in [-0.4, -0.2) is 28.6 Å². The van der Waals surface area contributed by atoms with Crippen LogP contribution < -0.4 is 5.32 Å². The van der Waals surface area contributed by atoms with Crippen molar-refractivity contribution in [3.8, 4) is 11.8 Å². The van der Waals surface area contributed by atoms with Gasteiger partial charge in [0.15, 0.2) is 0 Å². The molecule has 1 amide bonds. The molecule has 21 heavy (non-hydrogen) atoms. The van der Waals surface area contributed by atoms with E-state index in [1.54, 1.807) is 18.5 Å². The molecule has 0 aromatic carbocycles. The van der Waals surface area contributed by atoms with Gasteiger partial charge in [-0.15, -0.1) is 0 Å². The molecule has 1 aromatic heterocycles. The van der Waals surface area contributed by atoms with Crippen LogP contribution in [0.2, 0.25) is 0 Å². The number of hydrogen-bond donors (Lipinski definition) is 2. The Morgan fingerprint density at radius 2 is 2.24 bits per heavy atom. The number of nitrogens with zero attached hydrogens (tertiary/aromatic N) is 1. The van der Waals surface area contributed by atoms with Crippen molar-refractivity contribution in [2.75, 3.05) is 6.61 Å². The third-order valence-electron chi connectivity index (χ3n) is 3.94. The number of aliphatic hydroxyl groups excluding tert-OH is 1. The van der Waals surface area contributed by atoms with Crippen molar-refractivity contribution in [3.05, 3.63) is 29.6 Å². The minimum atomic E-state index is -0.0901. The highest BCUT2D eigenvalue weighted by Crippen LogP contribution is 2.27. The van der Waals surface area contributed by atoms with Gasteiger partial charge in [0.25, 0.3) is 5.91 Å². The molecule has 1 saturated carbocycles. The molecular formula is C17H22N2O2. The largest absolute Gasteiger partial charge is 0.395 e. The summed E-state index contributed by atoms with van der Waals surface area (Å²) < 4.78 is 0. The Morgan fingerprint density at radius 3 is 2.95 bits per heavy atom. The molecule has 0 bridgehead atoms. The smallest absolute Gasteiger partial charge is 0.253 e. The van der Waals surface area contributed by atoms with Crippen LogP contribution in [0.25, 0.3) is 0 Å². The fourth-order valence-electron chi connectivity index (χ4n) is 2.72. The Balaban J connectivity index is 1.98. The number of amides is 1. The number of nitrogens with one attached hydrogen (secondary N) is 1. The Kier molecular flexibility index (Phi) is 5.77. The summed E-state index contributed by atoms with van der Waals surface area (Å²) in [6, 6.07) is 1.94. The summed E-state index contributed by atoms with van der Waals surface area (Å²) >= 11 is 0. The molecule has 112 valence electrons. The first-order valence-corrected chi connectivity index (χ1v) is 7.56. The number of hydrogen-bond acceptors (Lipinski definition) is 3. The summed E-state index contributed by atoms with van der Waals surface area (Å²) in [6.07, 6.45) is 8.55. The average molecular weight is 286 g/mol. The zero-order valence-electron chi connectivity index (χ0n) is 12.4. The normalized spacial score (nSPS) is 16.1. The second-order valence-electron chi connectivity index (χ2n) is 5.54. The van der Waals surface area contributed by atoms with Crippen molar-refractivity contribution in [2.45, 2.75) is 45.1 Å². The molecule has 1 aliphatic rings. The summed E-state index contributed by atoms with van der Waals surface area (Å²) in [6.45, 7) is 2.12. The van der Waals surface area contributed by atoms with Crippen LogP contribution in [0, 0.1) is 17.8 Å². The molecule has 1 fully saturated rings. The highest BCUT2D eigenvalue weighted by molar-refractivity contribution is 5.94. The first-order valence-electron chi connectivity index (χ1n) is 7.56. The van der Waals surface area contributed by atoms with E-state index in [0.29, 0.717) is 23.5 Å². The maximum Gasteiger partial charge on any atom is 0.253 e. The molecule has 1 aliphatic carbocycles. The molecule has 4 heteroatoms. The van der Waals surface area contributed by atoms with E-state index in [-0.39, 0.29) is 18.6 Å². The molecule has 0 spiro atoms. The summed E-state index contributed by atoms with van der Waals surface area (Å²) in [5.41, 5.74) is 1.24. The lowest BCUT2D eigenvalue weighted by molar-refractivity contribution is 0.0927. The number of aromatic nitrogens is 1. The molecule has 1 heterocycles. The second kappa shape index (κ2) is 7.80. The topological polar surface area (TPSA) is 62.2 Å². The average Bonchev–Trinajstić information content (AvgIpc) is 3.02. The van der Waals surface area contributed by atoms with E-state index in [2.05, 4.69) is 29.1 Å². The molecule has 1 aromatic rings. The van der Waals surface area contributed by atoms with E-state index in [0.717, 1.165) is 0 Å². The predicted octanol–water partition coefficient (Wildman–Crippen LogP) is 2.12. The van der Waals surface area contributed by atoms with Crippen LogP contribution in [-0.2, 0) is 0 Å². The SMILES string of the molecule is CC(NC(=O)c1cncc(C#CCCO)c1)C1CCCC1. The lowest BCUT2D eigenvalue weighted by Gasteiger charge is -2.20. The summed E-state index contributed by atoms with van der Waals surface area (Å²) in [5, 5.41) is 11.8. The van der Waals surface area contributed by atoms with E-state index < -0.39 is 0 Å². The Morgan fingerprint density at radius 1 is 1.48 bits per heavy atom. The van der Waals surface area contributed by atoms with E-state index in [9.17, 15) is 4.79 Å². The second-order valence-corrected chi connectivity index (χ2v) is 5.54. The van der Waals surface area contributed by atoms with E-state index in [1.165, 1.54) is 25.7 Å². The zero-order valence-corrected chi connectivity index (χ0v) is 12.4. The van der Waals surface area contributed by atoms with Crippen molar-refractivity contribution >= 4 is 5.91 Å². The highest BCUT2D eigenvalue weighted by atomic mass is 16.2. The maximum absolute atomic E-state index is 12.3. The molecule has 1 unspecified atom stereocenters. The van der Waals surface area contributed by atoms with Gasteiger partial charge in [-0.3, -0.25) is 9.78 Å². The van der Waals surface area contributed by atoms with Crippen molar-refractivity contribution in [1.82, 2.24) is 10.3 Å². The first kappa shape index (κ1) is 15.5. The predicted molar refractivity (Wildman–Crippen MR) is 81.7 cm³/mol. The van der Waals surface area contributed by atoms with Gasteiger partial charge in [-0.25, -0.2) is 0 Å². The lowest BCUT2D eigenvalue weighted by Crippen LogP contribution is -2.37. The molecular weight excluding hydrogens is 264 g/mol. The molecule has 2 N–H and O–H groups in total. The minimum absolute atomic E-state index is 0.0412. The molecule has 4 nitrogen and oxygen atoms in total. The van der Waals surface area contributed by atoms with E-state index >= 15 is 0 Å². The van der Waals surface area contributed by atoms with Crippen LogP contribution in [0.5, 0.6) is 0 Å². The van der Waals surface area contributed by atoms with Crippen LogP contribution in [0.4, 0.5) is 0 Å². The first-order chi connectivity index (χ1) is 10.2. The molecule has 2 rings (SSSR count). The van der Waals surface area contributed by atoms with Crippen molar-refractivity contribution in [2.24, 2.45) is 5.92 Å². The monoisotopic (exact) mass is 286 g/mol. The highest BCUT2D eigenvalue weighted by Gasteiger charge is 2.23. The van der Waals surface area contributed by atoms with E-state index in [1.807, 2.05) is 0 Å². The Hall–Kier alpha value is -1.86. The Bertz CT molecular complexity index is 539. The number of rotatable bonds is 4. The van der Waals surface area contributed by atoms with Gasteiger partial charge in [0.2, 0.25) is 0 Å². The fraction of sp³-hybridized carbons (Fsp3) is 0.529. The van der Waals surface area contributed by atoms with Gasteiger partial charge in [0, 0.05) is 30.4 Å². The quantitative estimate of drug-likeness (QED) is 0.833. The summed E-state index contributed by atoms with van der Waals surface area (Å²) in [5.74, 6) is 6.23. The van der Waals surface area contributed by atoms with Gasteiger partial charge >= 0.3 is 0 Å². The van der Waals surface area contributed by atoms with Crippen molar-refractivity contribution in [1.29, 1.82) is 0 Å². The van der Waals surface area contributed by atoms with Crippen LogP contribution in [0.15, 0.2) is 18.5 Å². The molecule has 0 radical (unpaired) electrons. The maximum atomic E-state index is 12.3. The number of carbonyl (C=O) groups excluding carboxylic acids is 1. The Labute approximate surface area is 126 Å². The standard InChI is InChI=1S/C17H22N2O2/c1-13(15-7-2-3-8-15)19-17(21)16-10-14(11-18-12-16)6-4-5-9-20/h10-13,15,20H,2-3,5,7-9H2,1H3,(H,19,21). The molecule has 0 saturated heterocycles. The van der Waals surface area contributed by atoms with Gasteiger partial charge in [-0.05, 0) is 31.7 Å². The number of pyridine rings is 1. The van der Waals surface area contributed by atoms with Crippen LogP contribution in [0.1, 0.15) is 54.9 Å². The van der Waals surface area contributed by atoms with E-state index in [4.69, 9.17) is 5.11 Å². The van der Waals surface area contributed by atoms with Gasteiger partial charge in [-0.2, -0.15) is 0 Å². The van der Waals surface area contributed by atoms with Crippen molar-refractivity contribution < 1.29 is 9.90 Å². The van der Waals surface area contributed by atoms with Crippen molar-refractivity contribution in [3.63, 3.8) is 0 Å². The van der Waals surface area contributed by atoms with Crippen LogP contribution in [0.3, 0.4) is 0 Å². The van der Waals surface area contributed by atoms with Gasteiger partial charge < -0.3 is 10.4 Å². The number of carbonyl (C=O) groups is 1. The third-order valence-corrected chi connectivity index (χ3v) is 3.94.